The van der Waals surface area contributed by atoms with Crippen LogP contribution in [0.4, 0.5) is 20.6 Å². The summed E-state index contributed by atoms with van der Waals surface area (Å²) in [5.41, 5.74) is 3.61. The Kier molecular flexibility index (Phi) is 5.37. The van der Waals surface area contributed by atoms with Gasteiger partial charge in [0.05, 0.1) is 5.69 Å². The minimum Gasteiger partial charge on any atom is -0.361 e. The van der Waals surface area contributed by atoms with Crippen molar-refractivity contribution in [2.45, 2.75) is 18.8 Å². The Morgan fingerprint density at radius 1 is 1.18 bits per heavy atom. The first kappa shape index (κ1) is 19.0. The lowest BCUT2D eigenvalue weighted by Gasteiger charge is -2.28. The minimum absolute atomic E-state index is 0.364. The highest BCUT2D eigenvalue weighted by Crippen LogP contribution is 2.34. The van der Waals surface area contributed by atoms with Gasteiger partial charge in [-0.05, 0) is 96.8 Å². The third-order valence-corrected chi connectivity index (χ3v) is 5.97. The first-order valence-corrected chi connectivity index (χ1v) is 10.1. The van der Waals surface area contributed by atoms with E-state index in [-0.39, 0.29) is 11.8 Å². The number of benzene rings is 2. The molecule has 2 amide bonds. The van der Waals surface area contributed by atoms with Crippen molar-refractivity contribution < 1.29 is 9.18 Å². The van der Waals surface area contributed by atoms with E-state index in [2.05, 4.69) is 49.7 Å². The molecule has 1 aromatic heterocycles. The Balaban J connectivity index is 1.51. The number of halogens is 2. The van der Waals surface area contributed by atoms with Gasteiger partial charge in [-0.15, -0.1) is 0 Å². The molecular weight excluding hydrogens is 423 g/mol. The van der Waals surface area contributed by atoms with Crippen LogP contribution in [0.25, 0.3) is 10.9 Å². The first-order valence-electron chi connectivity index (χ1n) is 9.32. The lowest BCUT2D eigenvalue weighted by molar-refractivity contribution is 0.256. The van der Waals surface area contributed by atoms with Gasteiger partial charge in [0, 0.05) is 27.3 Å². The molecule has 0 spiro atoms. The number of H-pyrrole nitrogens is 1. The number of aromatic nitrogens is 1. The maximum Gasteiger partial charge on any atom is 0.323 e. The van der Waals surface area contributed by atoms with E-state index in [1.54, 1.807) is 0 Å². The van der Waals surface area contributed by atoms with E-state index in [9.17, 15) is 9.18 Å². The SMILES string of the molecule is CN1CCC(c2c[nH]c3ccc(NC(=O)Nc4ccc(F)cc4Br)cc23)CC1. The molecule has 0 radical (unpaired) electrons. The second kappa shape index (κ2) is 7.93. The molecule has 1 aliphatic rings. The van der Waals surface area contributed by atoms with Gasteiger partial charge in [-0.3, -0.25) is 0 Å². The number of carbonyl (C=O) groups is 1. The van der Waals surface area contributed by atoms with E-state index in [1.807, 2.05) is 18.2 Å². The van der Waals surface area contributed by atoms with E-state index in [0.717, 1.165) is 42.5 Å². The van der Waals surface area contributed by atoms with E-state index in [0.29, 0.717) is 16.1 Å². The van der Waals surface area contributed by atoms with Gasteiger partial charge in [-0.1, -0.05) is 0 Å². The Morgan fingerprint density at radius 2 is 1.96 bits per heavy atom. The van der Waals surface area contributed by atoms with Crippen LogP contribution in [0.2, 0.25) is 0 Å². The lowest BCUT2D eigenvalue weighted by atomic mass is 9.89. The molecule has 2 aromatic carbocycles. The number of urea groups is 1. The fraction of sp³-hybridized carbons (Fsp3) is 0.286. The van der Waals surface area contributed by atoms with Crippen molar-refractivity contribution in [3.8, 4) is 0 Å². The number of rotatable bonds is 3. The summed E-state index contributed by atoms with van der Waals surface area (Å²) in [5, 5.41) is 6.75. The quantitative estimate of drug-likeness (QED) is 0.497. The molecular formula is C21H22BrFN4O. The van der Waals surface area contributed by atoms with E-state index in [4.69, 9.17) is 0 Å². The van der Waals surface area contributed by atoms with Crippen LogP contribution in [-0.2, 0) is 0 Å². The molecule has 0 saturated carbocycles. The largest absolute Gasteiger partial charge is 0.361 e. The van der Waals surface area contributed by atoms with E-state index < -0.39 is 0 Å². The molecule has 4 rings (SSSR count). The highest BCUT2D eigenvalue weighted by molar-refractivity contribution is 9.10. The molecule has 3 aromatic rings. The van der Waals surface area contributed by atoms with Crippen molar-refractivity contribution in [2.75, 3.05) is 30.8 Å². The lowest BCUT2D eigenvalue weighted by Crippen LogP contribution is -2.29. The van der Waals surface area contributed by atoms with Crippen LogP contribution >= 0.6 is 15.9 Å². The number of aromatic amines is 1. The van der Waals surface area contributed by atoms with Crippen molar-refractivity contribution in [2.24, 2.45) is 0 Å². The molecule has 5 nitrogen and oxygen atoms in total. The van der Waals surface area contributed by atoms with Crippen LogP contribution in [0, 0.1) is 5.82 Å². The summed E-state index contributed by atoms with van der Waals surface area (Å²) in [6.07, 6.45) is 4.38. The highest BCUT2D eigenvalue weighted by atomic mass is 79.9. The molecule has 0 bridgehead atoms. The summed E-state index contributed by atoms with van der Waals surface area (Å²) in [6, 6.07) is 9.64. The zero-order valence-electron chi connectivity index (χ0n) is 15.6. The average Bonchev–Trinajstić information content (AvgIpc) is 3.08. The zero-order valence-corrected chi connectivity index (χ0v) is 17.1. The van der Waals surface area contributed by atoms with Crippen LogP contribution < -0.4 is 10.6 Å². The van der Waals surface area contributed by atoms with Crippen molar-refractivity contribution in [1.82, 2.24) is 9.88 Å². The Labute approximate surface area is 171 Å². The molecule has 2 heterocycles. The van der Waals surface area contributed by atoms with Gasteiger partial charge in [-0.25, -0.2) is 9.18 Å². The third kappa shape index (κ3) is 4.05. The van der Waals surface area contributed by atoms with Crippen molar-refractivity contribution in [1.29, 1.82) is 0 Å². The van der Waals surface area contributed by atoms with Gasteiger partial charge >= 0.3 is 6.03 Å². The van der Waals surface area contributed by atoms with Gasteiger partial charge in [0.2, 0.25) is 0 Å². The summed E-state index contributed by atoms with van der Waals surface area (Å²) in [4.78, 5) is 18.1. The van der Waals surface area contributed by atoms with Crippen LogP contribution in [0.1, 0.15) is 24.3 Å². The smallest absolute Gasteiger partial charge is 0.323 e. The van der Waals surface area contributed by atoms with E-state index in [1.165, 1.54) is 23.8 Å². The number of anilines is 2. The van der Waals surface area contributed by atoms with Crippen molar-refractivity contribution >= 4 is 44.2 Å². The average molecular weight is 445 g/mol. The van der Waals surface area contributed by atoms with Crippen LogP contribution in [0.15, 0.2) is 47.1 Å². The summed E-state index contributed by atoms with van der Waals surface area (Å²) in [7, 11) is 2.16. The van der Waals surface area contributed by atoms with Crippen molar-refractivity contribution in [3.05, 3.63) is 58.4 Å². The predicted molar refractivity (Wildman–Crippen MR) is 115 cm³/mol. The normalized spacial score (nSPS) is 15.7. The number of likely N-dealkylation sites (tertiary alicyclic amines) is 1. The Hall–Kier alpha value is -2.38. The molecule has 28 heavy (non-hydrogen) atoms. The number of piperidine rings is 1. The summed E-state index contributed by atoms with van der Waals surface area (Å²) >= 11 is 3.26. The van der Waals surface area contributed by atoms with Gasteiger partial charge in [0.1, 0.15) is 5.82 Å². The molecule has 0 unspecified atom stereocenters. The second-order valence-corrected chi connectivity index (χ2v) is 8.14. The minimum atomic E-state index is -0.372. The predicted octanol–water partition coefficient (Wildman–Crippen LogP) is 5.52. The fourth-order valence-corrected chi connectivity index (χ4v) is 4.20. The topological polar surface area (TPSA) is 60.2 Å². The summed E-state index contributed by atoms with van der Waals surface area (Å²) < 4.78 is 13.7. The molecule has 146 valence electrons. The number of amides is 2. The van der Waals surface area contributed by atoms with Gasteiger partial charge in [0.15, 0.2) is 0 Å². The number of carbonyl (C=O) groups excluding carboxylic acids is 1. The summed E-state index contributed by atoms with van der Waals surface area (Å²) in [6.45, 7) is 2.20. The number of nitrogens with zero attached hydrogens (tertiary/aromatic N) is 1. The number of nitrogens with one attached hydrogen (secondary N) is 3. The zero-order chi connectivity index (χ0) is 19.7. The second-order valence-electron chi connectivity index (χ2n) is 7.29. The molecule has 3 N–H and O–H groups in total. The molecule has 1 aliphatic heterocycles. The Bertz CT molecular complexity index is 1010. The molecule has 0 aliphatic carbocycles. The van der Waals surface area contributed by atoms with Gasteiger partial charge in [0.25, 0.3) is 0 Å². The van der Waals surface area contributed by atoms with Crippen LogP contribution in [0.5, 0.6) is 0 Å². The van der Waals surface area contributed by atoms with Gasteiger partial charge < -0.3 is 20.5 Å². The standard InChI is InChI=1S/C21H22BrFN4O/c1-27-8-6-13(7-9-27)17-12-24-19-5-3-15(11-16(17)19)25-21(28)26-20-4-2-14(23)10-18(20)22/h2-5,10-13,24H,6-9H2,1H3,(H2,25,26,28). The molecule has 1 saturated heterocycles. The van der Waals surface area contributed by atoms with E-state index >= 15 is 0 Å². The molecule has 7 heteroatoms. The van der Waals surface area contributed by atoms with Crippen LogP contribution in [0.3, 0.4) is 0 Å². The highest BCUT2D eigenvalue weighted by Gasteiger charge is 2.21. The maximum absolute atomic E-state index is 13.2. The molecule has 1 fully saturated rings. The van der Waals surface area contributed by atoms with Gasteiger partial charge in [-0.2, -0.15) is 0 Å². The monoisotopic (exact) mass is 444 g/mol. The summed E-state index contributed by atoms with van der Waals surface area (Å²) in [5.74, 6) is 0.168. The third-order valence-electron chi connectivity index (χ3n) is 5.31. The number of fused-ring (bicyclic) bond motifs is 1. The maximum atomic E-state index is 13.2. The Morgan fingerprint density at radius 3 is 2.71 bits per heavy atom. The first-order chi connectivity index (χ1) is 13.5. The van der Waals surface area contributed by atoms with Crippen LogP contribution in [-0.4, -0.2) is 36.1 Å². The van der Waals surface area contributed by atoms with Crippen molar-refractivity contribution in [3.63, 3.8) is 0 Å². The number of hydrogen-bond donors (Lipinski definition) is 3. The number of hydrogen-bond acceptors (Lipinski definition) is 2. The molecule has 0 atom stereocenters. The fourth-order valence-electron chi connectivity index (χ4n) is 3.75.